The molecule has 2 amide bonds. The first-order valence-electron chi connectivity index (χ1n) is 7.15. The molecule has 0 N–H and O–H groups in total. The Morgan fingerprint density at radius 1 is 1.09 bits per heavy atom. The van der Waals surface area contributed by atoms with Gasteiger partial charge in [0, 0.05) is 6.42 Å². The molecule has 1 atom stereocenters. The van der Waals surface area contributed by atoms with Gasteiger partial charge in [0.2, 0.25) is 11.8 Å². The van der Waals surface area contributed by atoms with Crippen molar-refractivity contribution in [2.24, 2.45) is 10.8 Å². The van der Waals surface area contributed by atoms with E-state index in [2.05, 4.69) is 0 Å². The normalized spacial score (nSPS) is 13.0. The molecule has 0 bridgehead atoms. The van der Waals surface area contributed by atoms with E-state index in [-0.39, 0.29) is 11.8 Å². The van der Waals surface area contributed by atoms with Crippen LogP contribution in [0.4, 0.5) is 0 Å². The zero-order valence-corrected chi connectivity index (χ0v) is 14.5. The Hall–Kier alpha value is -1.90. The lowest BCUT2D eigenvalue weighted by Gasteiger charge is -2.37. The van der Waals surface area contributed by atoms with Gasteiger partial charge in [-0.15, -0.1) is 0 Å². The predicted octanol–water partition coefficient (Wildman–Crippen LogP) is 2.28. The Bertz CT molecular complexity index is 478. The van der Waals surface area contributed by atoms with Crippen molar-refractivity contribution in [1.29, 1.82) is 5.26 Å². The molecule has 22 heavy (non-hydrogen) atoms. The fraction of sp³-hybridized carbons (Fsp3) is 0.750. The summed E-state index contributed by atoms with van der Waals surface area (Å²) in [6.07, 6.45) is -0.368. The standard InChI is InChI=1S/C16H26N2O4/c1-15(2,3)10-12(20)18(11(19)8-9-17)13(14(21)22-7)16(4,5)6/h13H,8,10H2,1-7H3. The van der Waals surface area contributed by atoms with E-state index in [0.29, 0.717) is 0 Å². The molecule has 0 spiro atoms. The molecule has 0 aliphatic rings. The van der Waals surface area contributed by atoms with E-state index >= 15 is 0 Å². The number of carbonyl (C=O) groups excluding carboxylic acids is 3. The zero-order valence-electron chi connectivity index (χ0n) is 14.5. The highest BCUT2D eigenvalue weighted by molar-refractivity contribution is 6.00. The van der Waals surface area contributed by atoms with E-state index < -0.39 is 35.7 Å². The highest BCUT2D eigenvalue weighted by Crippen LogP contribution is 2.29. The molecule has 0 aromatic carbocycles. The first-order valence-corrected chi connectivity index (χ1v) is 7.15. The van der Waals surface area contributed by atoms with E-state index in [1.165, 1.54) is 7.11 Å². The highest BCUT2D eigenvalue weighted by atomic mass is 16.5. The van der Waals surface area contributed by atoms with Gasteiger partial charge in [0.15, 0.2) is 0 Å². The van der Waals surface area contributed by atoms with Gasteiger partial charge < -0.3 is 4.74 Å². The Labute approximate surface area is 132 Å². The van der Waals surface area contributed by atoms with Gasteiger partial charge in [0.25, 0.3) is 0 Å². The third-order valence-corrected chi connectivity index (χ3v) is 2.95. The van der Waals surface area contributed by atoms with Gasteiger partial charge in [0.1, 0.15) is 12.5 Å². The molecule has 0 radical (unpaired) electrons. The number of methoxy groups -OCH3 is 1. The number of ether oxygens (including phenoxy) is 1. The SMILES string of the molecule is COC(=O)C(N(C(=O)CC#N)C(=O)CC(C)(C)C)C(C)(C)C. The van der Waals surface area contributed by atoms with Crippen molar-refractivity contribution in [3.05, 3.63) is 0 Å². The Morgan fingerprint density at radius 3 is 1.91 bits per heavy atom. The third-order valence-electron chi connectivity index (χ3n) is 2.95. The monoisotopic (exact) mass is 310 g/mol. The summed E-state index contributed by atoms with van der Waals surface area (Å²) in [5.74, 6) is -1.82. The van der Waals surface area contributed by atoms with Crippen molar-refractivity contribution < 1.29 is 19.1 Å². The minimum atomic E-state index is -1.06. The van der Waals surface area contributed by atoms with Crippen LogP contribution in [0.15, 0.2) is 0 Å². The van der Waals surface area contributed by atoms with E-state index in [1.807, 2.05) is 20.8 Å². The summed E-state index contributed by atoms with van der Waals surface area (Å²) < 4.78 is 4.76. The van der Waals surface area contributed by atoms with Crippen molar-refractivity contribution in [2.75, 3.05) is 7.11 Å². The lowest BCUT2D eigenvalue weighted by molar-refractivity contribution is -0.165. The topological polar surface area (TPSA) is 87.5 Å². The van der Waals surface area contributed by atoms with Crippen molar-refractivity contribution in [1.82, 2.24) is 4.90 Å². The van der Waals surface area contributed by atoms with Crippen molar-refractivity contribution in [3.63, 3.8) is 0 Å². The minimum absolute atomic E-state index is 0.0910. The maximum Gasteiger partial charge on any atom is 0.329 e. The van der Waals surface area contributed by atoms with E-state index in [4.69, 9.17) is 10.00 Å². The highest BCUT2D eigenvalue weighted by Gasteiger charge is 2.43. The predicted molar refractivity (Wildman–Crippen MR) is 81.4 cm³/mol. The molecular weight excluding hydrogens is 284 g/mol. The summed E-state index contributed by atoms with van der Waals surface area (Å²) in [7, 11) is 1.21. The molecule has 0 aliphatic carbocycles. The molecule has 0 fully saturated rings. The second-order valence-corrected chi connectivity index (χ2v) is 7.52. The summed E-state index contributed by atoms with van der Waals surface area (Å²) in [5, 5.41) is 8.76. The molecule has 0 aromatic rings. The van der Waals surface area contributed by atoms with Gasteiger partial charge in [-0.25, -0.2) is 4.79 Å². The molecule has 6 nitrogen and oxygen atoms in total. The maximum absolute atomic E-state index is 12.6. The summed E-state index contributed by atoms with van der Waals surface area (Å²) in [6.45, 7) is 10.8. The number of hydrogen-bond donors (Lipinski definition) is 0. The number of hydrogen-bond acceptors (Lipinski definition) is 5. The molecule has 6 heteroatoms. The summed E-state index contributed by atoms with van der Waals surface area (Å²) in [6, 6.07) is 0.672. The molecule has 0 heterocycles. The summed E-state index contributed by atoms with van der Waals surface area (Å²) in [4.78, 5) is 37.9. The summed E-state index contributed by atoms with van der Waals surface area (Å²) in [5.41, 5.74) is -1.05. The number of amides is 2. The number of imide groups is 1. The van der Waals surface area contributed by atoms with Crippen molar-refractivity contribution in [2.45, 2.75) is 60.4 Å². The molecule has 0 aliphatic heterocycles. The van der Waals surface area contributed by atoms with Crippen LogP contribution in [-0.4, -0.2) is 35.8 Å². The minimum Gasteiger partial charge on any atom is -0.467 e. The first kappa shape index (κ1) is 20.1. The second kappa shape index (κ2) is 7.39. The van der Waals surface area contributed by atoms with Gasteiger partial charge >= 0.3 is 5.97 Å². The maximum atomic E-state index is 12.6. The second-order valence-electron chi connectivity index (χ2n) is 7.52. The van der Waals surface area contributed by atoms with Crippen LogP contribution in [0.1, 0.15) is 54.4 Å². The fourth-order valence-corrected chi connectivity index (χ4v) is 2.08. The molecule has 0 rings (SSSR count). The van der Waals surface area contributed by atoms with Crippen LogP contribution in [0.3, 0.4) is 0 Å². The van der Waals surface area contributed by atoms with Crippen LogP contribution in [0, 0.1) is 22.2 Å². The van der Waals surface area contributed by atoms with Gasteiger partial charge in [-0.3, -0.25) is 14.5 Å². The Balaban J connectivity index is 5.82. The number of nitrogens with zero attached hydrogens (tertiary/aromatic N) is 2. The van der Waals surface area contributed by atoms with Gasteiger partial charge in [-0.2, -0.15) is 5.26 Å². The molecule has 124 valence electrons. The van der Waals surface area contributed by atoms with E-state index in [0.717, 1.165) is 4.90 Å². The van der Waals surface area contributed by atoms with E-state index in [9.17, 15) is 14.4 Å². The van der Waals surface area contributed by atoms with Crippen molar-refractivity contribution in [3.8, 4) is 6.07 Å². The lowest BCUT2D eigenvalue weighted by atomic mass is 9.84. The van der Waals surface area contributed by atoms with Crippen LogP contribution in [0.25, 0.3) is 0 Å². The summed E-state index contributed by atoms with van der Waals surface area (Å²) >= 11 is 0. The fourth-order valence-electron chi connectivity index (χ4n) is 2.08. The Kier molecular flexibility index (Phi) is 6.75. The lowest BCUT2D eigenvalue weighted by Crippen LogP contribution is -2.55. The van der Waals surface area contributed by atoms with Crippen LogP contribution in [0.5, 0.6) is 0 Å². The Morgan fingerprint density at radius 2 is 1.59 bits per heavy atom. The number of carbonyl (C=O) groups is 3. The third kappa shape index (κ3) is 5.84. The van der Waals surface area contributed by atoms with Gasteiger partial charge in [-0.1, -0.05) is 41.5 Å². The molecule has 0 aromatic heterocycles. The average molecular weight is 310 g/mol. The quantitative estimate of drug-likeness (QED) is 0.743. The van der Waals surface area contributed by atoms with E-state index in [1.54, 1.807) is 26.8 Å². The molecule has 0 saturated carbocycles. The van der Waals surface area contributed by atoms with Crippen LogP contribution in [-0.2, 0) is 19.1 Å². The van der Waals surface area contributed by atoms with Gasteiger partial charge in [-0.05, 0) is 10.8 Å². The first-order chi connectivity index (χ1) is 9.85. The van der Waals surface area contributed by atoms with Crippen LogP contribution < -0.4 is 0 Å². The number of esters is 1. The van der Waals surface area contributed by atoms with Crippen molar-refractivity contribution >= 4 is 17.8 Å². The average Bonchev–Trinajstić information content (AvgIpc) is 2.31. The number of rotatable bonds is 4. The van der Waals surface area contributed by atoms with Crippen LogP contribution >= 0.6 is 0 Å². The largest absolute Gasteiger partial charge is 0.467 e. The zero-order chi connectivity index (χ0) is 17.7. The molecular formula is C16H26N2O4. The molecule has 0 saturated heterocycles. The molecule has 1 unspecified atom stereocenters. The smallest absolute Gasteiger partial charge is 0.329 e. The van der Waals surface area contributed by atoms with Gasteiger partial charge in [0.05, 0.1) is 13.2 Å². The van der Waals surface area contributed by atoms with Crippen LogP contribution in [0.2, 0.25) is 0 Å². The number of nitriles is 1.